The fourth-order valence-electron chi connectivity index (χ4n) is 11.6. The smallest absolute Gasteiger partial charge is 0.196 e. The van der Waals surface area contributed by atoms with Crippen LogP contribution in [0.2, 0.25) is 0 Å². The zero-order valence-electron chi connectivity index (χ0n) is 51.1. The molecule has 13 rings (SSSR count). The number of rotatable bonds is 20. The first-order valence-corrected chi connectivity index (χ1v) is 31.0. The molecule has 0 bridgehead atoms. The molecule has 0 N–H and O–H groups in total. The highest BCUT2D eigenvalue weighted by Gasteiger charge is 2.33. The van der Waals surface area contributed by atoms with Gasteiger partial charge in [0.15, 0.2) is 5.78 Å². The van der Waals surface area contributed by atoms with E-state index in [4.69, 9.17) is 28.4 Å². The maximum Gasteiger partial charge on any atom is 0.196 e. The van der Waals surface area contributed by atoms with Gasteiger partial charge in [-0.25, -0.2) is 0 Å². The molecule has 0 atom stereocenters. The molecule has 0 radical (unpaired) electrons. The molecule has 0 spiro atoms. The van der Waals surface area contributed by atoms with Crippen molar-refractivity contribution in [3.63, 3.8) is 0 Å². The van der Waals surface area contributed by atoms with Crippen LogP contribution in [0.3, 0.4) is 0 Å². The molecule has 10 aromatic carbocycles. The molecule has 0 saturated carbocycles. The number of thiophene rings is 2. The van der Waals surface area contributed by atoms with Gasteiger partial charge in [-0.1, -0.05) is 24.3 Å². The quantitative estimate of drug-likeness (QED) is 0.0731. The third-order valence-electron chi connectivity index (χ3n) is 16.3. The molecule has 2 heterocycles. The predicted molar refractivity (Wildman–Crippen MR) is 369 cm³/mol. The SMILES string of the molecule is COc1ccc(N(c2ccc(-c3cc4c(s3)-c3sc(-c5ccc(N(c6ccc(OC)cc6)c6ccc(N(c7ccc(OC)cc7)c7ccc(OC)cc7C)cc6)cc5)cc3C4=O)cc2)c2ccc(N(c3ccc(OC)cc3)c3ccc(OC)cc3C)cc2)cc1. The van der Waals surface area contributed by atoms with Crippen molar-refractivity contribution < 1.29 is 33.2 Å². The maximum absolute atomic E-state index is 14.3. The Morgan fingerprint density at radius 1 is 0.267 bits per heavy atom. The van der Waals surface area contributed by atoms with Crippen molar-refractivity contribution in [1.29, 1.82) is 0 Å². The third-order valence-corrected chi connectivity index (χ3v) is 18.9. The average molecular weight is 1220 g/mol. The number of ketones is 1. The molecule has 0 unspecified atom stereocenters. The molecule has 90 heavy (non-hydrogen) atoms. The summed E-state index contributed by atoms with van der Waals surface area (Å²) in [5, 5.41) is 0. The Morgan fingerprint density at radius 3 is 0.733 bits per heavy atom. The Hall–Kier alpha value is -10.7. The van der Waals surface area contributed by atoms with Gasteiger partial charge in [0.25, 0.3) is 0 Å². The van der Waals surface area contributed by atoms with Gasteiger partial charge < -0.3 is 48.0 Å². The average Bonchev–Trinajstić information content (AvgIpc) is 1.58. The second-order valence-electron chi connectivity index (χ2n) is 21.6. The Balaban J connectivity index is 0.773. The second kappa shape index (κ2) is 25.2. The first kappa shape index (κ1) is 58.3. The van der Waals surface area contributed by atoms with Crippen molar-refractivity contribution in [3.8, 4) is 65.1 Å². The van der Waals surface area contributed by atoms with Gasteiger partial charge >= 0.3 is 0 Å². The van der Waals surface area contributed by atoms with Gasteiger partial charge in [0.1, 0.15) is 34.5 Å². The summed E-state index contributed by atoms with van der Waals surface area (Å²) >= 11 is 3.34. The molecule has 12 aromatic rings. The summed E-state index contributed by atoms with van der Waals surface area (Å²) in [6.45, 7) is 4.20. The van der Waals surface area contributed by atoms with E-state index in [0.29, 0.717) is 0 Å². The number of ether oxygens (including phenoxy) is 6. The summed E-state index contributed by atoms with van der Waals surface area (Å²) in [5.74, 6) is 4.78. The first-order chi connectivity index (χ1) is 44.0. The number of aryl methyl sites for hydroxylation is 2. The van der Waals surface area contributed by atoms with E-state index >= 15 is 0 Å². The van der Waals surface area contributed by atoms with E-state index in [9.17, 15) is 4.79 Å². The molecule has 0 amide bonds. The predicted octanol–water partition coefficient (Wildman–Crippen LogP) is 20.9. The summed E-state index contributed by atoms with van der Waals surface area (Å²) in [6, 6.07) is 83.2. The number of benzene rings is 10. The summed E-state index contributed by atoms with van der Waals surface area (Å²) in [6.07, 6.45) is 0. The van der Waals surface area contributed by atoms with Crippen molar-refractivity contribution in [1.82, 2.24) is 0 Å². The van der Waals surface area contributed by atoms with Crippen LogP contribution in [0.5, 0.6) is 34.5 Å². The van der Waals surface area contributed by atoms with Gasteiger partial charge in [0.2, 0.25) is 0 Å². The molecule has 0 fully saturated rings. The van der Waals surface area contributed by atoms with Gasteiger partial charge in [-0.2, -0.15) is 0 Å². The number of hydrogen-bond donors (Lipinski definition) is 0. The molecule has 1 aliphatic carbocycles. The fraction of sp³-hybridized carbons (Fsp3) is 0.104. The zero-order valence-corrected chi connectivity index (χ0v) is 52.7. The lowest BCUT2D eigenvalue weighted by Crippen LogP contribution is -2.13. The Labute approximate surface area is 533 Å². The van der Waals surface area contributed by atoms with E-state index in [1.54, 1.807) is 65.3 Å². The van der Waals surface area contributed by atoms with Crippen molar-refractivity contribution in [2.24, 2.45) is 0 Å². The van der Waals surface area contributed by atoms with Crippen LogP contribution in [-0.2, 0) is 0 Å². The molecule has 2 aromatic heterocycles. The van der Waals surface area contributed by atoms with Crippen LogP contribution in [-0.4, -0.2) is 48.4 Å². The van der Waals surface area contributed by atoms with Crippen molar-refractivity contribution in [2.45, 2.75) is 13.8 Å². The van der Waals surface area contributed by atoms with Crippen molar-refractivity contribution in [3.05, 3.63) is 265 Å². The van der Waals surface area contributed by atoms with Gasteiger partial charge in [-0.3, -0.25) is 4.79 Å². The van der Waals surface area contributed by atoms with Crippen LogP contribution in [0.15, 0.2) is 243 Å². The first-order valence-electron chi connectivity index (χ1n) is 29.3. The fourth-order valence-corrected chi connectivity index (χ4v) is 14.1. The highest BCUT2D eigenvalue weighted by atomic mass is 32.1. The maximum atomic E-state index is 14.3. The number of anilines is 12. The third kappa shape index (κ3) is 11.3. The van der Waals surface area contributed by atoms with E-state index in [1.165, 1.54) is 0 Å². The molecule has 446 valence electrons. The highest BCUT2D eigenvalue weighted by Crippen LogP contribution is 2.52. The molecular weight excluding hydrogens is 1160 g/mol. The van der Waals surface area contributed by atoms with E-state index in [-0.39, 0.29) is 5.78 Å². The molecule has 0 saturated heterocycles. The molecule has 11 nitrogen and oxygen atoms in total. The van der Waals surface area contributed by atoms with Crippen molar-refractivity contribution in [2.75, 3.05) is 62.3 Å². The van der Waals surface area contributed by atoms with Crippen LogP contribution in [0.25, 0.3) is 30.6 Å². The minimum absolute atomic E-state index is 0.0573. The number of methoxy groups -OCH3 is 6. The van der Waals surface area contributed by atoms with Gasteiger partial charge in [-0.15, -0.1) is 22.7 Å². The number of hydrogen-bond acceptors (Lipinski definition) is 13. The molecular formula is C77H64N4O7S2. The molecule has 13 heteroatoms. The highest BCUT2D eigenvalue weighted by molar-refractivity contribution is 7.26. The molecule has 0 aliphatic heterocycles. The lowest BCUT2D eigenvalue weighted by atomic mass is 10.1. The number of carbonyl (C=O) groups is 1. The standard InChI is InChI=1S/C77H64N4O7S2/c1-49-45-67(87-7)41-43-71(49)80(61-29-37-65(85-5)38-30-61)59-21-17-55(18-22-59)78(57-25-33-63(83-3)34-26-57)53-13-9-51(10-14-53)73-47-69-75(82)70-48-74(90-77(70)76(69)89-73)52-11-15-54(16-12-52)79(58-27-35-64(84-4)36-28-58)56-19-23-60(24-20-56)81(62-31-39-66(86-6)40-32-62)72-44-42-68(88-8)46-50(72)2/h9-48H,1-8H3. The normalized spacial score (nSPS) is 11.4. The van der Waals surface area contributed by atoms with E-state index in [2.05, 4.69) is 215 Å². The van der Waals surface area contributed by atoms with Crippen LogP contribution < -0.4 is 48.0 Å². The number of nitrogens with zero attached hydrogens (tertiary/aromatic N) is 4. The Morgan fingerprint density at radius 2 is 0.489 bits per heavy atom. The minimum Gasteiger partial charge on any atom is -0.497 e. The molecule has 1 aliphatic rings. The summed E-state index contributed by atoms with van der Waals surface area (Å²) in [5.41, 5.74) is 17.6. The summed E-state index contributed by atoms with van der Waals surface area (Å²) in [7, 11) is 10.1. The van der Waals surface area contributed by atoms with E-state index in [0.717, 1.165) is 156 Å². The minimum atomic E-state index is 0.0573. The Bertz CT molecular complexity index is 4220. The van der Waals surface area contributed by atoms with Gasteiger partial charge in [-0.05, 0) is 254 Å². The van der Waals surface area contributed by atoms with Gasteiger partial charge in [0.05, 0.1) is 52.4 Å². The lowest BCUT2D eigenvalue weighted by Gasteiger charge is -2.29. The summed E-state index contributed by atoms with van der Waals surface area (Å²) < 4.78 is 33.4. The monoisotopic (exact) mass is 1220 g/mol. The van der Waals surface area contributed by atoms with Crippen LogP contribution in [0, 0.1) is 13.8 Å². The van der Waals surface area contributed by atoms with Crippen LogP contribution >= 0.6 is 22.7 Å². The number of carbonyl (C=O) groups excluding carboxylic acids is 1. The number of fused-ring (bicyclic) bond motifs is 3. The lowest BCUT2D eigenvalue weighted by molar-refractivity contribution is 0.104. The van der Waals surface area contributed by atoms with Crippen molar-refractivity contribution >= 4 is 96.7 Å². The largest absolute Gasteiger partial charge is 0.497 e. The van der Waals surface area contributed by atoms with Crippen LogP contribution in [0.1, 0.15) is 27.0 Å². The van der Waals surface area contributed by atoms with E-state index < -0.39 is 0 Å². The topological polar surface area (TPSA) is 85.4 Å². The van der Waals surface area contributed by atoms with Crippen LogP contribution in [0.4, 0.5) is 68.2 Å². The zero-order chi connectivity index (χ0) is 62.0. The Kier molecular flexibility index (Phi) is 16.3. The summed E-state index contributed by atoms with van der Waals surface area (Å²) in [4.78, 5) is 27.4. The van der Waals surface area contributed by atoms with Gasteiger partial charge in [0, 0.05) is 89.1 Å². The second-order valence-corrected chi connectivity index (χ2v) is 23.7. The van der Waals surface area contributed by atoms with E-state index in [1.807, 2.05) is 60.7 Å².